The fraction of sp³-hybridized carbons (Fsp3) is 0.917. The fourth-order valence-electron chi connectivity index (χ4n) is 2.19. The van der Waals surface area contributed by atoms with Gasteiger partial charge < -0.3 is 15.0 Å². The Morgan fingerprint density at radius 1 is 1.56 bits per heavy atom. The molecule has 0 aromatic carbocycles. The van der Waals surface area contributed by atoms with E-state index in [4.69, 9.17) is 4.74 Å². The van der Waals surface area contributed by atoms with E-state index < -0.39 is 0 Å². The number of ether oxygens (including phenoxy) is 1. The molecule has 94 valence electrons. The number of likely N-dealkylation sites (tertiary alicyclic amines) is 1. The SMILES string of the molecule is CCOCC1CN(C(=O)CNC)CC1(C)C. The predicted molar refractivity (Wildman–Crippen MR) is 64.3 cm³/mol. The zero-order valence-electron chi connectivity index (χ0n) is 10.9. The van der Waals surface area contributed by atoms with Gasteiger partial charge in [0, 0.05) is 25.6 Å². The van der Waals surface area contributed by atoms with Crippen molar-refractivity contribution in [3.63, 3.8) is 0 Å². The summed E-state index contributed by atoms with van der Waals surface area (Å²) in [6, 6.07) is 0. The summed E-state index contributed by atoms with van der Waals surface area (Å²) in [5, 5.41) is 2.91. The van der Waals surface area contributed by atoms with Crippen molar-refractivity contribution in [3.05, 3.63) is 0 Å². The van der Waals surface area contributed by atoms with Crippen LogP contribution in [-0.2, 0) is 9.53 Å². The zero-order chi connectivity index (χ0) is 12.2. The number of carbonyl (C=O) groups is 1. The van der Waals surface area contributed by atoms with Gasteiger partial charge in [-0.05, 0) is 19.4 Å². The summed E-state index contributed by atoms with van der Waals surface area (Å²) in [4.78, 5) is 13.7. The minimum Gasteiger partial charge on any atom is -0.381 e. The van der Waals surface area contributed by atoms with Gasteiger partial charge in [0.1, 0.15) is 0 Å². The van der Waals surface area contributed by atoms with Crippen molar-refractivity contribution in [1.29, 1.82) is 0 Å². The summed E-state index contributed by atoms with van der Waals surface area (Å²) < 4.78 is 5.49. The van der Waals surface area contributed by atoms with Crippen molar-refractivity contribution in [2.24, 2.45) is 11.3 Å². The van der Waals surface area contributed by atoms with Crippen molar-refractivity contribution >= 4 is 5.91 Å². The highest BCUT2D eigenvalue weighted by Crippen LogP contribution is 2.35. The third-order valence-electron chi connectivity index (χ3n) is 3.35. The number of nitrogens with zero attached hydrogens (tertiary/aromatic N) is 1. The average molecular weight is 228 g/mol. The monoisotopic (exact) mass is 228 g/mol. The second kappa shape index (κ2) is 5.64. The third kappa shape index (κ3) is 3.19. The Kier molecular flexibility index (Phi) is 4.74. The summed E-state index contributed by atoms with van der Waals surface area (Å²) in [5.41, 5.74) is 0.165. The van der Waals surface area contributed by atoms with E-state index in [0.717, 1.165) is 26.3 Å². The largest absolute Gasteiger partial charge is 0.381 e. The Morgan fingerprint density at radius 2 is 2.25 bits per heavy atom. The molecule has 0 aliphatic carbocycles. The minimum absolute atomic E-state index is 0.165. The summed E-state index contributed by atoms with van der Waals surface area (Å²) in [6.45, 7) is 10.0. The molecule has 1 rings (SSSR count). The summed E-state index contributed by atoms with van der Waals surface area (Å²) in [6.07, 6.45) is 0. The van der Waals surface area contributed by atoms with E-state index in [9.17, 15) is 4.79 Å². The van der Waals surface area contributed by atoms with Gasteiger partial charge in [-0.2, -0.15) is 0 Å². The maximum absolute atomic E-state index is 11.8. The van der Waals surface area contributed by atoms with E-state index in [1.165, 1.54) is 0 Å². The van der Waals surface area contributed by atoms with Gasteiger partial charge in [0.25, 0.3) is 0 Å². The molecule has 0 bridgehead atoms. The van der Waals surface area contributed by atoms with Crippen LogP contribution in [0.25, 0.3) is 0 Å². The van der Waals surface area contributed by atoms with E-state index in [1.807, 2.05) is 11.8 Å². The van der Waals surface area contributed by atoms with Crippen molar-refractivity contribution in [2.75, 3.05) is 39.9 Å². The van der Waals surface area contributed by atoms with Gasteiger partial charge in [-0.15, -0.1) is 0 Å². The average Bonchev–Trinajstić information content (AvgIpc) is 2.51. The third-order valence-corrected chi connectivity index (χ3v) is 3.35. The lowest BCUT2D eigenvalue weighted by Crippen LogP contribution is -2.36. The summed E-state index contributed by atoms with van der Waals surface area (Å²) >= 11 is 0. The van der Waals surface area contributed by atoms with Crippen LogP contribution < -0.4 is 5.32 Å². The van der Waals surface area contributed by atoms with Crippen LogP contribution in [0.4, 0.5) is 0 Å². The number of likely N-dealkylation sites (N-methyl/N-ethyl adjacent to an activating group) is 1. The van der Waals surface area contributed by atoms with E-state index in [2.05, 4.69) is 19.2 Å². The lowest BCUT2D eigenvalue weighted by atomic mass is 9.83. The standard InChI is InChI=1S/C12H24N2O2/c1-5-16-8-10-7-14(9-12(10,2)3)11(15)6-13-4/h10,13H,5-9H2,1-4H3. The molecule has 1 aliphatic heterocycles. The van der Waals surface area contributed by atoms with Gasteiger partial charge in [-0.25, -0.2) is 0 Å². The molecular formula is C12H24N2O2. The molecule has 1 N–H and O–H groups in total. The van der Waals surface area contributed by atoms with E-state index in [0.29, 0.717) is 12.5 Å². The number of carbonyl (C=O) groups excluding carboxylic acids is 1. The van der Waals surface area contributed by atoms with Crippen LogP contribution in [0.5, 0.6) is 0 Å². The number of nitrogens with one attached hydrogen (secondary N) is 1. The number of hydrogen-bond acceptors (Lipinski definition) is 3. The topological polar surface area (TPSA) is 41.6 Å². The lowest BCUT2D eigenvalue weighted by molar-refractivity contribution is -0.129. The maximum Gasteiger partial charge on any atom is 0.236 e. The van der Waals surface area contributed by atoms with E-state index in [-0.39, 0.29) is 11.3 Å². The highest BCUT2D eigenvalue weighted by molar-refractivity contribution is 5.78. The smallest absolute Gasteiger partial charge is 0.236 e. The number of amides is 1. The number of hydrogen-bond donors (Lipinski definition) is 1. The van der Waals surface area contributed by atoms with Gasteiger partial charge in [0.05, 0.1) is 13.2 Å². The molecule has 0 radical (unpaired) electrons. The molecule has 1 fully saturated rings. The molecule has 1 atom stereocenters. The molecule has 1 saturated heterocycles. The Morgan fingerprint density at radius 3 is 2.81 bits per heavy atom. The van der Waals surface area contributed by atoms with Crippen molar-refractivity contribution in [1.82, 2.24) is 10.2 Å². The van der Waals surface area contributed by atoms with Gasteiger partial charge in [-0.3, -0.25) is 4.79 Å². The Balaban J connectivity index is 2.53. The van der Waals surface area contributed by atoms with Crippen molar-refractivity contribution < 1.29 is 9.53 Å². The van der Waals surface area contributed by atoms with Crippen LogP contribution >= 0.6 is 0 Å². The Hall–Kier alpha value is -0.610. The molecule has 4 nitrogen and oxygen atoms in total. The minimum atomic E-state index is 0.165. The fourth-order valence-corrected chi connectivity index (χ4v) is 2.19. The maximum atomic E-state index is 11.8. The van der Waals surface area contributed by atoms with Crippen LogP contribution in [0, 0.1) is 11.3 Å². The quantitative estimate of drug-likeness (QED) is 0.754. The predicted octanol–water partition coefficient (Wildman–Crippen LogP) is 0.727. The van der Waals surface area contributed by atoms with E-state index in [1.54, 1.807) is 7.05 Å². The molecule has 4 heteroatoms. The molecule has 0 spiro atoms. The van der Waals surface area contributed by atoms with Crippen LogP contribution in [-0.4, -0.2) is 50.7 Å². The van der Waals surface area contributed by atoms with Crippen LogP contribution in [0.3, 0.4) is 0 Å². The molecular weight excluding hydrogens is 204 g/mol. The van der Waals surface area contributed by atoms with E-state index >= 15 is 0 Å². The molecule has 0 aromatic rings. The zero-order valence-corrected chi connectivity index (χ0v) is 10.9. The summed E-state index contributed by atoms with van der Waals surface area (Å²) in [5.74, 6) is 0.642. The van der Waals surface area contributed by atoms with Crippen molar-refractivity contribution in [3.8, 4) is 0 Å². The summed E-state index contributed by atoms with van der Waals surface area (Å²) in [7, 11) is 1.80. The second-order valence-corrected chi connectivity index (χ2v) is 5.15. The second-order valence-electron chi connectivity index (χ2n) is 5.15. The first kappa shape index (κ1) is 13.5. The van der Waals surface area contributed by atoms with Gasteiger partial charge in [0.2, 0.25) is 5.91 Å². The van der Waals surface area contributed by atoms with Crippen LogP contribution in [0.2, 0.25) is 0 Å². The molecule has 16 heavy (non-hydrogen) atoms. The van der Waals surface area contributed by atoms with Crippen LogP contribution in [0.15, 0.2) is 0 Å². The Labute approximate surface area is 98.3 Å². The normalized spacial score (nSPS) is 23.8. The molecule has 1 heterocycles. The molecule has 1 unspecified atom stereocenters. The molecule has 0 saturated carbocycles. The van der Waals surface area contributed by atoms with Gasteiger partial charge in [-0.1, -0.05) is 13.8 Å². The first-order valence-electron chi connectivity index (χ1n) is 6.01. The number of rotatable bonds is 5. The first-order chi connectivity index (χ1) is 7.51. The van der Waals surface area contributed by atoms with Gasteiger partial charge in [0.15, 0.2) is 0 Å². The lowest BCUT2D eigenvalue weighted by Gasteiger charge is -2.24. The van der Waals surface area contributed by atoms with Crippen molar-refractivity contribution in [2.45, 2.75) is 20.8 Å². The Bertz CT molecular complexity index is 241. The highest BCUT2D eigenvalue weighted by Gasteiger charge is 2.40. The highest BCUT2D eigenvalue weighted by atomic mass is 16.5. The molecule has 1 amide bonds. The molecule has 0 aromatic heterocycles. The first-order valence-corrected chi connectivity index (χ1v) is 6.01. The van der Waals surface area contributed by atoms with Gasteiger partial charge >= 0.3 is 0 Å². The molecule has 1 aliphatic rings. The van der Waals surface area contributed by atoms with Crippen LogP contribution in [0.1, 0.15) is 20.8 Å².